The zero-order valence-corrected chi connectivity index (χ0v) is 21.8. The number of aliphatic hydroxyl groups excluding tert-OH is 1. The van der Waals surface area contributed by atoms with Crippen molar-refractivity contribution in [3.8, 4) is 0 Å². The molecule has 0 fully saturated rings. The van der Waals surface area contributed by atoms with E-state index in [1.807, 2.05) is 11.9 Å². The van der Waals surface area contributed by atoms with Crippen molar-refractivity contribution in [1.29, 1.82) is 0 Å². The third-order valence-electron chi connectivity index (χ3n) is 5.66. The van der Waals surface area contributed by atoms with Crippen LogP contribution < -0.4 is 0 Å². The van der Waals surface area contributed by atoms with Gasteiger partial charge in [-0.2, -0.15) is 0 Å². The smallest absolute Gasteiger partial charge is 0.0954 e. The van der Waals surface area contributed by atoms with Gasteiger partial charge in [0.1, 0.15) is 0 Å². The van der Waals surface area contributed by atoms with Crippen LogP contribution in [0.2, 0.25) is 0 Å². The summed E-state index contributed by atoms with van der Waals surface area (Å²) in [6, 6.07) is 0. The molecule has 0 atom stereocenters. The van der Waals surface area contributed by atoms with Gasteiger partial charge in [0.05, 0.1) is 6.73 Å². The van der Waals surface area contributed by atoms with Crippen molar-refractivity contribution in [2.24, 2.45) is 0 Å². The van der Waals surface area contributed by atoms with Gasteiger partial charge in [-0.25, -0.2) is 0 Å². The number of unbranched alkanes of at least 4 members (excludes halogenated alkanes) is 1. The van der Waals surface area contributed by atoms with Gasteiger partial charge in [0.15, 0.2) is 0 Å². The molecule has 0 spiro atoms. The van der Waals surface area contributed by atoms with Crippen molar-refractivity contribution in [2.45, 2.75) is 106 Å². The molecule has 2 nitrogen and oxygen atoms in total. The fraction of sp³-hybridized carbons (Fsp3) is 0.655. The minimum atomic E-state index is 0.148. The normalized spacial score (nSPS) is 13.8. The second-order valence-corrected chi connectivity index (χ2v) is 9.50. The summed E-state index contributed by atoms with van der Waals surface area (Å²) >= 11 is 0. The average molecular weight is 430 g/mol. The maximum atomic E-state index is 9.02. The van der Waals surface area contributed by atoms with Crippen LogP contribution >= 0.6 is 0 Å². The maximum absolute atomic E-state index is 9.02. The lowest BCUT2D eigenvalue weighted by molar-refractivity contribution is 0.132. The van der Waals surface area contributed by atoms with E-state index < -0.39 is 0 Å². The lowest BCUT2D eigenvalue weighted by atomic mass is 10.0. The standard InChI is InChI=1S/C29H51NO/c1-25(2)14-10-17-28(5)20-11-18-26(3)15-8-9-16-27(4)19-12-21-29(6)22-13-23-30(7)24-31/h14-16,20-21,31H,8-13,17-19,22-24H2,1-7H3/b26-15+,27-16-,28-20+,29-21+. The van der Waals surface area contributed by atoms with Gasteiger partial charge in [-0.15, -0.1) is 0 Å². The molecular weight excluding hydrogens is 378 g/mol. The van der Waals surface area contributed by atoms with Crippen LogP contribution in [0.3, 0.4) is 0 Å². The largest absolute Gasteiger partial charge is 0.381 e. The van der Waals surface area contributed by atoms with Gasteiger partial charge in [0, 0.05) is 6.54 Å². The van der Waals surface area contributed by atoms with Gasteiger partial charge < -0.3 is 5.11 Å². The van der Waals surface area contributed by atoms with E-state index in [0.29, 0.717) is 0 Å². The first-order valence-electron chi connectivity index (χ1n) is 12.3. The van der Waals surface area contributed by atoms with E-state index in [-0.39, 0.29) is 6.73 Å². The summed E-state index contributed by atoms with van der Waals surface area (Å²) in [5.41, 5.74) is 7.43. The van der Waals surface area contributed by atoms with Gasteiger partial charge >= 0.3 is 0 Å². The quantitative estimate of drug-likeness (QED) is 0.142. The molecule has 2 heteroatoms. The minimum Gasteiger partial charge on any atom is -0.381 e. The molecule has 0 saturated heterocycles. The van der Waals surface area contributed by atoms with Crippen LogP contribution in [0.4, 0.5) is 0 Å². The number of hydrogen-bond acceptors (Lipinski definition) is 2. The maximum Gasteiger partial charge on any atom is 0.0954 e. The molecule has 0 aromatic rings. The van der Waals surface area contributed by atoms with Crippen molar-refractivity contribution in [2.75, 3.05) is 20.3 Å². The molecule has 0 saturated carbocycles. The summed E-state index contributed by atoms with van der Waals surface area (Å²) in [7, 11) is 1.95. The van der Waals surface area contributed by atoms with E-state index in [4.69, 9.17) is 5.11 Å². The fourth-order valence-electron chi connectivity index (χ4n) is 3.45. The van der Waals surface area contributed by atoms with E-state index in [1.54, 1.807) is 0 Å². The Kier molecular flexibility index (Phi) is 18.5. The number of allylic oxidation sites excluding steroid dienone is 10. The zero-order chi connectivity index (χ0) is 23.5. The second kappa shape index (κ2) is 19.3. The van der Waals surface area contributed by atoms with Crippen molar-refractivity contribution in [1.82, 2.24) is 4.90 Å². The highest BCUT2D eigenvalue weighted by Gasteiger charge is 1.97. The van der Waals surface area contributed by atoms with E-state index in [1.165, 1.54) is 53.5 Å². The Balaban J connectivity index is 4.02. The highest BCUT2D eigenvalue weighted by atomic mass is 16.3. The number of hydrogen-bond donors (Lipinski definition) is 1. The lowest BCUT2D eigenvalue weighted by Gasteiger charge is -2.12. The molecule has 31 heavy (non-hydrogen) atoms. The van der Waals surface area contributed by atoms with Gasteiger partial charge in [-0.1, -0.05) is 58.2 Å². The third kappa shape index (κ3) is 20.3. The monoisotopic (exact) mass is 429 g/mol. The van der Waals surface area contributed by atoms with Crippen molar-refractivity contribution in [3.05, 3.63) is 58.2 Å². The Hall–Kier alpha value is -1.38. The Morgan fingerprint density at radius 2 is 0.968 bits per heavy atom. The number of rotatable bonds is 17. The van der Waals surface area contributed by atoms with Crippen LogP contribution in [-0.4, -0.2) is 30.3 Å². The minimum absolute atomic E-state index is 0.148. The molecular formula is C29H51NO. The van der Waals surface area contributed by atoms with Crippen LogP contribution in [0.1, 0.15) is 106 Å². The first kappa shape index (κ1) is 29.6. The molecule has 0 aliphatic heterocycles. The number of nitrogens with zero attached hydrogens (tertiary/aromatic N) is 1. The third-order valence-corrected chi connectivity index (χ3v) is 5.66. The first-order chi connectivity index (χ1) is 14.7. The zero-order valence-electron chi connectivity index (χ0n) is 21.8. The Morgan fingerprint density at radius 1 is 0.581 bits per heavy atom. The molecule has 0 aromatic heterocycles. The molecule has 0 aliphatic carbocycles. The van der Waals surface area contributed by atoms with Crippen LogP contribution in [0.5, 0.6) is 0 Å². The van der Waals surface area contributed by atoms with Crippen LogP contribution in [0, 0.1) is 0 Å². The summed E-state index contributed by atoms with van der Waals surface area (Å²) in [4.78, 5) is 1.95. The van der Waals surface area contributed by atoms with Gasteiger partial charge in [0.25, 0.3) is 0 Å². The van der Waals surface area contributed by atoms with Crippen LogP contribution in [-0.2, 0) is 0 Å². The lowest BCUT2D eigenvalue weighted by Crippen LogP contribution is -2.20. The Bertz CT molecular complexity index is 615. The molecule has 0 radical (unpaired) electrons. The van der Waals surface area contributed by atoms with Crippen molar-refractivity contribution >= 4 is 0 Å². The van der Waals surface area contributed by atoms with Gasteiger partial charge in [-0.05, 0) is 113 Å². The van der Waals surface area contributed by atoms with E-state index in [0.717, 1.165) is 45.1 Å². The Morgan fingerprint density at radius 3 is 1.39 bits per heavy atom. The molecule has 0 unspecified atom stereocenters. The SMILES string of the molecule is CC(C)=CCC/C(C)=C/CC/C(C)=C/CC/C=C(/C)CC/C=C(\C)CCCN(C)CO. The average Bonchev–Trinajstić information content (AvgIpc) is 2.70. The summed E-state index contributed by atoms with van der Waals surface area (Å²) < 4.78 is 0. The second-order valence-electron chi connectivity index (χ2n) is 9.50. The van der Waals surface area contributed by atoms with Crippen LogP contribution in [0.15, 0.2) is 58.2 Å². The fourth-order valence-corrected chi connectivity index (χ4v) is 3.45. The summed E-state index contributed by atoms with van der Waals surface area (Å²) in [6.45, 7) is 14.5. The number of aliphatic hydroxyl groups is 1. The molecule has 0 amide bonds. The van der Waals surface area contributed by atoms with Crippen LogP contribution in [0.25, 0.3) is 0 Å². The molecule has 0 bridgehead atoms. The van der Waals surface area contributed by atoms with Gasteiger partial charge in [0.2, 0.25) is 0 Å². The molecule has 1 N–H and O–H groups in total. The summed E-state index contributed by atoms with van der Waals surface area (Å²) in [5, 5.41) is 9.02. The van der Waals surface area contributed by atoms with Crippen molar-refractivity contribution < 1.29 is 5.11 Å². The molecule has 0 heterocycles. The molecule has 0 aromatic carbocycles. The summed E-state index contributed by atoms with van der Waals surface area (Å²) in [5.74, 6) is 0. The predicted molar refractivity (Wildman–Crippen MR) is 140 cm³/mol. The van der Waals surface area contributed by atoms with E-state index in [2.05, 4.69) is 71.9 Å². The van der Waals surface area contributed by atoms with Crippen molar-refractivity contribution in [3.63, 3.8) is 0 Å². The van der Waals surface area contributed by atoms with Gasteiger partial charge in [-0.3, -0.25) is 4.90 Å². The highest BCUT2D eigenvalue weighted by Crippen LogP contribution is 2.14. The van der Waals surface area contributed by atoms with E-state index >= 15 is 0 Å². The topological polar surface area (TPSA) is 23.5 Å². The highest BCUT2D eigenvalue weighted by molar-refractivity contribution is 5.07. The predicted octanol–water partition coefficient (Wildman–Crippen LogP) is 8.52. The first-order valence-corrected chi connectivity index (χ1v) is 12.3. The molecule has 178 valence electrons. The Labute approximate surface area is 194 Å². The summed E-state index contributed by atoms with van der Waals surface area (Å²) in [6.07, 6.45) is 23.5. The molecule has 0 aliphatic rings. The van der Waals surface area contributed by atoms with E-state index in [9.17, 15) is 0 Å². The molecule has 0 rings (SSSR count).